The Balaban J connectivity index is 1.55. The van der Waals surface area contributed by atoms with Crippen molar-refractivity contribution in [2.75, 3.05) is 13.6 Å². The van der Waals surface area contributed by atoms with Crippen molar-refractivity contribution >= 4 is 22.8 Å². The van der Waals surface area contributed by atoms with Crippen LogP contribution in [0.5, 0.6) is 0 Å². The molecule has 0 saturated heterocycles. The number of pyridine rings is 1. The SMILES string of the molecule is CN1CC(c2ccc3ncc(C(O)c4ccc5ncccc5c4)n3n2)C=N1. The summed E-state index contributed by atoms with van der Waals surface area (Å²) in [5, 5.41) is 22.9. The summed E-state index contributed by atoms with van der Waals surface area (Å²) in [6, 6.07) is 13.5. The molecule has 0 saturated carbocycles. The summed E-state index contributed by atoms with van der Waals surface area (Å²) in [5.74, 6) is 0.138. The van der Waals surface area contributed by atoms with E-state index in [-0.39, 0.29) is 5.92 Å². The van der Waals surface area contributed by atoms with E-state index >= 15 is 0 Å². The van der Waals surface area contributed by atoms with Crippen LogP contribution in [0, 0.1) is 0 Å². The average Bonchev–Trinajstić information content (AvgIpc) is 3.32. The summed E-state index contributed by atoms with van der Waals surface area (Å²) >= 11 is 0. The molecule has 4 aromatic rings. The third kappa shape index (κ3) is 2.72. The van der Waals surface area contributed by atoms with Gasteiger partial charge in [0, 0.05) is 31.4 Å². The zero-order valence-electron chi connectivity index (χ0n) is 14.8. The number of aliphatic hydroxyl groups excluding tert-OH is 1. The molecule has 0 radical (unpaired) electrons. The van der Waals surface area contributed by atoms with Crippen LogP contribution in [0.2, 0.25) is 0 Å². The number of benzene rings is 1. The minimum Gasteiger partial charge on any atom is -0.382 e. The maximum atomic E-state index is 11.0. The van der Waals surface area contributed by atoms with Crippen LogP contribution in [0.15, 0.2) is 60.0 Å². The van der Waals surface area contributed by atoms with Gasteiger partial charge in [-0.1, -0.05) is 12.1 Å². The number of aromatic nitrogens is 4. The monoisotopic (exact) mass is 358 g/mol. The van der Waals surface area contributed by atoms with Crippen molar-refractivity contribution in [2.24, 2.45) is 5.10 Å². The lowest BCUT2D eigenvalue weighted by Gasteiger charge is -2.13. The topological polar surface area (TPSA) is 78.9 Å². The van der Waals surface area contributed by atoms with Gasteiger partial charge in [-0.15, -0.1) is 0 Å². The van der Waals surface area contributed by atoms with Crippen molar-refractivity contribution < 1.29 is 5.11 Å². The van der Waals surface area contributed by atoms with Gasteiger partial charge in [-0.05, 0) is 35.9 Å². The number of fused-ring (bicyclic) bond motifs is 2. The maximum absolute atomic E-state index is 11.0. The van der Waals surface area contributed by atoms with E-state index in [0.29, 0.717) is 11.3 Å². The van der Waals surface area contributed by atoms with Crippen molar-refractivity contribution in [3.8, 4) is 0 Å². The van der Waals surface area contributed by atoms with E-state index in [2.05, 4.69) is 15.1 Å². The van der Waals surface area contributed by atoms with Crippen molar-refractivity contribution in [3.63, 3.8) is 0 Å². The fraction of sp³-hybridized carbons (Fsp3) is 0.200. The highest BCUT2D eigenvalue weighted by molar-refractivity contribution is 5.79. The van der Waals surface area contributed by atoms with Gasteiger partial charge < -0.3 is 5.11 Å². The van der Waals surface area contributed by atoms with E-state index in [1.807, 2.05) is 60.7 Å². The Morgan fingerprint density at radius 2 is 2.07 bits per heavy atom. The number of hydrogen-bond acceptors (Lipinski definition) is 6. The standard InChI is InChI=1S/C20H18N6O/c1-25-12-15(10-23-25)17-6-7-19-22-11-18(26(19)24-17)20(27)14-4-5-16-13(9-14)3-2-8-21-16/h2-11,15,20,27H,12H2,1H3. The molecule has 0 spiro atoms. The molecule has 1 N–H and O–H groups in total. The Labute approximate surface area is 155 Å². The van der Waals surface area contributed by atoms with Gasteiger partial charge in [-0.2, -0.15) is 10.2 Å². The summed E-state index contributed by atoms with van der Waals surface area (Å²) in [7, 11) is 1.94. The molecule has 1 aromatic carbocycles. The molecule has 7 heteroatoms. The van der Waals surface area contributed by atoms with Crippen LogP contribution >= 0.6 is 0 Å². The molecule has 1 aliphatic rings. The summed E-state index contributed by atoms with van der Waals surface area (Å²) in [6.07, 6.45) is 4.52. The lowest BCUT2D eigenvalue weighted by atomic mass is 10.0. The van der Waals surface area contributed by atoms with Crippen LogP contribution in [0.1, 0.15) is 29.0 Å². The zero-order valence-corrected chi connectivity index (χ0v) is 14.8. The molecule has 7 nitrogen and oxygen atoms in total. The van der Waals surface area contributed by atoms with E-state index in [4.69, 9.17) is 5.10 Å². The molecule has 1 aliphatic heterocycles. The number of hydrogen-bond donors (Lipinski definition) is 1. The van der Waals surface area contributed by atoms with Gasteiger partial charge in [-0.3, -0.25) is 9.99 Å². The second-order valence-electron chi connectivity index (χ2n) is 6.78. The number of imidazole rings is 1. The molecule has 2 unspecified atom stereocenters. The Morgan fingerprint density at radius 1 is 1.15 bits per heavy atom. The number of hydrazone groups is 1. The van der Waals surface area contributed by atoms with Crippen LogP contribution in [-0.2, 0) is 0 Å². The molecule has 0 amide bonds. The van der Waals surface area contributed by atoms with Crippen molar-refractivity contribution in [2.45, 2.75) is 12.0 Å². The van der Waals surface area contributed by atoms with Gasteiger partial charge in [-0.25, -0.2) is 9.50 Å². The van der Waals surface area contributed by atoms with Crippen molar-refractivity contribution in [3.05, 3.63) is 71.8 Å². The van der Waals surface area contributed by atoms with Crippen LogP contribution in [-0.4, -0.2) is 49.5 Å². The van der Waals surface area contributed by atoms with Crippen LogP contribution in [0.4, 0.5) is 0 Å². The molecule has 0 aliphatic carbocycles. The van der Waals surface area contributed by atoms with Gasteiger partial charge in [0.1, 0.15) is 6.10 Å². The molecule has 0 fully saturated rings. The van der Waals surface area contributed by atoms with Gasteiger partial charge in [0.25, 0.3) is 0 Å². The van der Waals surface area contributed by atoms with E-state index in [1.165, 1.54) is 0 Å². The largest absolute Gasteiger partial charge is 0.382 e. The number of likely N-dealkylation sites (N-methyl/N-ethyl adjacent to an activating group) is 1. The van der Waals surface area contributed by atoms with E-state index in [1.54, 1.807) is 16.9 Å². The van der Waals surface area contributed by atoms with Gasteiger partial charge in [0.05, 0.1) is 29.0 Å². The van der Waals surface area contributed by atoms with Gasteiger partial charge >= 0.3 is 0 Å². The molecule has 3 aromatic heterocycles. The number of nitrogens with zero attached hydrogens (tertiary/aromatic N) is 6. The first-order valence-electron chi connectivity index (χ1n) is 8.81. The van der Waals surface area contributed by atoms with Crippen LogP contribution < -0.4 is 0 Å². The third-order valence-electron chi connectivity index (χ3n) is 4.92. The van der Waals surface area contributed by atoms with Crippen molar-refractivity contribution in [1.29, 1.82) is 0 Å². The van der Waals surface area contributed by atoms with E-state index in [9.17, 15) is 5.11 Å². The highest BCUT2D eigenvalue weighted by atomic mass is 16.3. The van der Waals surface area contributed by atoms with Gasteiger partial charge in [0.15, 0.2) is 5.65 Å². The Bertz CT molecular complexity index is 1170. The van der Waals surface area contributed by atoms with Crippen LogP contribution in [0.3, 0.4) is 0 Å². The second kappa shape index (κ2) is 6.14. The predicted octanol–water partition coefficient (Wildman–Crippen LogP) is 2.37. The lowest BCUT2D eigenvalue weighted by Crippen LogP contribution is -2.15. The fourth-order valence-electron chi connectivity index (χ4n) is 3.47. The third-order valence-corrected chi connectivity index (χ3v) is 4.92. The molecule has 134 valence electrons. The fourth-order valence-corrected chi connectivity index (χ4v) is 3.47. The first-order valence-corrected chi connectivity index (χ1v) is 8.81. The highest BCUT2D eigenvalue weighted by Crippen LogP contribution is 2.26. The maximum Gasteiger partial charge on any atom is 0.153 e. The molecule has 4 heterocycles. The second-order valence-corrected chi connectivity index (χ2v) is 6.78. The van der Waals surface area contributed by atoms with Crippen LogP contribution in [0.25, 0.3) is 16.6 Å². The summed E-state index contributed by atoms with van der Waals surface area (Å²) in [4.78, 5) is 8.72. The molecule has 2 atom stereocenters. The lowest BCUT2D eigenvalue weighted by molar-refractivity contribution is 0.213. The smallest absolute Gasteiger partial charge is 0.153 e. The molecular weight excluding hydrogens is 340 g/mol. The summed E-state index contributed by atoms with van der Waals surface area (Å²) in [6.45, 7) is 0.794. The average molecular weight is 358 g/mol. The molecule has 5 rings (SSSR count). The molecule has 27 heavy (non-hydrogen) atoms. The Kier molecular flexibility index (Phi) is 3.61. The number of rotatable bonds is 3. The molecule has 0 bridgehead atoms. The van der Waals surface area contributed by atoms with Crippen molar-refractivity contribution in [1.82, 2.24) is 24.6 Å². The molecular formula is C20H18N6O. The summed E-state index contributed by atoms with van der Waals surface area (Å²) < 4.78 is 1.72. The highest BCUT2D eigenvalue weighted by Gasteiger charge is 2.21. The summed E-state index contributed by atoms with van der Waals surface area (Å²) in [5.41, 5.74) is 3.94. The number of aliphatic hydroxyl groups is 1. The van der Waals surface area contributed by atoms with E-state index in [0.717, 1.165) is 28.7 Å². The quantitative estimate of drug-likeness (QED) is 0.608. The first kappa shape index (κ1) is 15.9. The zero-order chi connectivity index (χ0) is 18.4. The normalized spacial score (nSPS) is 17.9. The Hall–Kier alpha value is -3.32. The van der Waals surface area contributed by atoms with Gasteiger partial charge in [0.2, 0.25) is 0 Å². The minimum absolute atomic E-state index is 0.138. The van der Waals surface area contributed by atoms with E-state index < -0.39 is 6.10 Å². The Morgan fingerprint density at radius 3 is 2.93 bits per heavy atom. The first-order chi connectivity index (χ1) is 13.2. The minimum atomic E-state index is -0.827. The predicted molar refractivity (Wildman–Crippen MR) is 103 cm³/mol.